The number of carbonyl (C=O) groups is 2. The van der Waals surface area contributed by atoms with Gasteiger partial charge in [-0.05, 0) is 42.2 Å². The van der Waals surface area contributed by atoms with E-state index < -0.39 is 16.6 Å². The Hall–Kier alpha value is -4.03. The summed E-state index contributed by atoms with van der Waals surface area (Å²) in [6, 6.07) is 12.6. The molecule has 4 N–H and O–H groups in total. The highest BCUT2D eigenvalue weighted by Gasteiger charge is 2.47. The van der Waals surface area contributed by atoms with Gasteiger partial charge in [0.15, 0.2) is 0 Å². The minimum Gasteiger partial charge on any atom is -0.481 e. The smallest absolute Gasteiger partial charge is 0.220 e. The maximum Gasteiger partial charge on any atom is 0.220 e. The van der Waals surface area contributed by atoms with Crippen LogP contribution in [0.4, 0.5) is 4.39 Å². The van der Waals surface area contributed by atoms with Crippen molar-refractivity contribution in [1.29, 1.82) is 0 Å². The van der Waals surface area contributed by atoms with Crippen LogP contribution in [-0.4, -0.2) is 66.6 Å². The van der Waals surface area contributed by atoms with Crippen molar-refractivity contribution >= 4 is 40.6 Å². The van der Waals surface area contributed by atoms with Crippen molar-refractivity contribution in [3.8, 4) is 11.8 Å². The fourth-order valence-corrected chi connectivity index (χ4v) is 7.42. The van der Waals surface area contributed by atoms with Gasteiger partial charge in [0.25, 0.3) is 0 Å². The number of aromatic nitrogens is 2. The number of rotatable bonds is 13. The average molecular weight is 710 g/mol. The van der Waals surface area contributed by atoms with Gasteiger partial charge in [0.05, 0.1) is 42.0 Å². The summed E-state index contributed by atoms with van der Waals surface area (Å²) < 4.78 is 27.6. The monoisotopic (exact) mass is 708 g/mol. The van der Waals surface area contributed by atoms with E-state index in [1.807, 2.05) is 48.6 Å². The molecule has 4 heterocycles. The third kappa shape index (κ3) is 7.30. The Bertz CT molecular complexity index is 1790. The molecule has 2 saturated heterocycles. The number of hydrogen-bond acceptors (Lipinski definition) is 8. The summed E-state index contributed by atoms with van der Waals surface area (Å²) in [6.45, 7) is 1.69. The van der Waals surface area contributed by atoms with Crippen LogP contribution in [0.2, 0.25) is 5.02 Å². The van der Waals surface area contributed by atoms with E-state index in [0.717, 1.165) is 24.0 Å². The summed E-state index contributed by atoms with van der Waals surface area (Å²) in [5.41, 5.74) is 2.01. The first-order chi connectivity index (χ1) is 23.7. The third-order valence-electron chi connectivity index (χ3n) is 9.27. The van der Waals surface area contributed by atoms with Crippen LogP contribution >= 0.6 is 23.2 Å². The number of benzene rings is 1. The Morgan fingerprint density at radius 3 is 2.20 bits per heavy atom. The molecule has 0 saturated carbocycles. The molecule has 3 aromatic rings. The molecule has 2 amide bonds. The normalized spacial score (nSPS) is 23.3. The number of nitrogens with one attached hydrogen (secondary N) is 4. The number of amides is 2. The highest BCUT2D eigenvalue weighted by molar-refractivity contribution is 6.34. The van der Waals surface area contributed by atoms with Crippen molar-refractivity contribution in [3.05, 3.63) is 99.6 Å². The van der Waals surface area contributed by atoms with Crippen molar-refractivity contribution in [2.24, 2.45) is 0 Å². The Morgan fingerprint density at radius 2 is 1.57 bits per heavy atom. The summed E-state index contributed by atoms with van der Waals surface area (Å²) in [5.74, 6) is 0.0319. The molecule has 2 aromatic heterocycles. The molecule has 0 radical (unpaired) electrons. The highest BCUT2D eigenvalue weighted by Crippen LogP contribution is 2.48. The molecule has 2 aliphatic heterocycles. The lowest BCUT2D eigenvalue weighted by atomic mass is 9.70. The van der Waals surface area contributed by atoms with Gasteiger partial charge in [-0.15, -0.1) is 11.6 Å². The lowest BCUT2D eigenvalue weighted by molar-refractivity contribution is -0.120. The number of ether oxygens (including phenoxy) is 2. The van der Waals surface area contributed by atoms with Gasteiger partial charge in [0.2, 0.25) is 23.6 Å². The van der Waals surface area contributed by atoms with Crippen LogP contribution in [0, 0.1) is 5.82 Å². The van der Waals surface area contributed by atoms with Gasteiger partial charge in [-0.2, -0.15) is 0 Å². The van der Waals surface area contributed by atoms with E-state index >= 15 is 4.39 Å². The first-order valence-electron chi connectivity index (χ1n) is 16.3. The maximum atomic E-state index is 16.2. The van der Waals surface area contributed by atoms with Gasteiger partial charge >= 0.3 is 0 Å². The van der Waals surface area contributed by atoms with Crippen LogP contribution in [0.15, 0.2) is 60.7 Å². The van der Waals surface area contributed by atoms with Crippen LogP contribution in [0.5, 0.6) is 11.8 Å². The SMILES string of the molecule is COc1nc(C2(c3cc(F)c(CNC[C@@H]4CCC(=O)N4)c(OC)n3)C=CC=C(c3ccccc3Cl)C2Cl)ccc1CNC[C@@H]1CCC(=O)N1. The van der Waals surface area contributed by atoms with Crippen LogP contribution in [0.3, 0.4) is 0 Å². The molecule has 1 aliphatic carbocycles. The van der Waals surface area contributed by atoms with Gasteiger partial charge in [0, 0.05) is 61.7 Å². The van der Waals surface area contributed by atoms with E-state index in [1.54, 1.807) is 13.2 Å². The fourth-order valence-electron chi connectivity index (χ4n) is 6.68. The summed E-state index contributed by atoms with van der Waals surface area (Å²) in [6.07, 6.45) is 8.14. The van der Waals surface area contributed by atoms with Gasteiger partial charge < -0.3 is 30.7 Å². The summed E-state index contributed by atoms with van der Waals surface area (Å²) in [5, 5.41) is 12.2. The van der Waals surface area contributed by atoms with Gasteiger partial charge in [-0.1, -0.05) is 54.1 Å². The van der Waals surface area contributed by atoms with E-state index in [-0.39, 0.29) is 41.9 Å². The van der Waals surface area contributed by atoms with E-state index in [4.69, 9.17) is 42.6 Å². The van der Waals surface area contributed by atoms with E-state index in [9.17, 15) is 9.59 Å². The minimum atomic E-state index is -1.27. The lowest BCUT2D eigenvalue weighted by Gasteiger charge is -2.38. The minimum absolute atomic E-state index is 0.0146. The number of halogens is 3. The summed E-state index contributed by atoms with van der Waals surface area (Å²) >= 11 is 14.1. The van der Waals surface area contributed by atoms with Crippen LogP contribution in [0.25, 0.3) is 5.57 Å². The predicted molar refractivity (Wildman–Crippen MR) is 186 cm³/mol. The molecule has 0 bridgehead atoms. The molecule has 2 unspecified atom stereocenters. The first-order valence-corrected chi connectivity index (χ1v) is 17.1. The zero-order valence-electron chi connectivity index (χ0n) is 27.3. The Kier molecular flexibility index (Phi) is 10.8. The Labute approximate surface area is 294 Å². The van der Waals surface area contributed by atoms with Crippen molar-refractivity contribution < 1.29 is 23.5 Å². The summed E-state index contributed by atoms with van der Waals surface area (Å²) in [7, 11) is 2.99. The Balaban J connectivity index is 1.36. The van der Waals surface area contributed by atoms with Crippen LogP contribution in [0.1, 0.15) is 53.8 Å². The second-order valence-corrected chi connectivity index (χ2v) is 13.2. The number of allylic oxidation sites excluding steroid dienone is 4. The number of alkyl halides is 1. The van der Waals surface area contributed by atoms with Crippen molar-refractivity contribution in [2.75, 3.05) is 27.3 Å². The molecule has 258 valence electrons. The third-order valence-corrected chi connectivity index (χ3v) is 10.2. The molecule has 49 heavy (non-hydrogen) atoms. The van der Waals surface area contributed by atoms with Crippen molar-refractivity contribution in [1.82, 2.24) is 31.2 Å². The topological polar surface area (TPSA) is 126 Å². The molecule has 10 nitrogen and oxygen atoms in total. The standard InChI is InChI=1S/C36H39Cl2FN6O4/c1-48-34-21(17-40-18-22-10-13-31(46)42-22)9-12-29(44-34)36(15-5-7-25(33(36)38)24-6-3-4-8-27(24)37)30-16-28(39)26(35(45-30)49-2)20-41-19-23-11-14-32(47)43-23/h3-9,12,15-16,22-23,33,40-41H,10-11,13-14,17-20H2,1-2H3,(H,42,46)(H,43,47)/t22-,23-,33?,36?/m0/s1. The number of pyridine rings is 2. The van der Waals surface area contributed by atoms with Crippen molar-refractivity contribution in [3.63, 3.8) is 0 Å². The Morgan fingerprint density at radius 1 is 0.918 bits per heavy atom. The molecule has 6 rings (SSSR count). The van der Waals surface area contributed by atoms with Gasteiger partial charge in [-0.3, -0.25) is 9.59 Å². The quantitative estimate of drug-likeness (QED) is 0.190. The maximum absolute atomic E-state index is 16.2. The lowest BCUT2D eigenvalue weighted by Crippen LogP contribution is -2.40. The van der Waals surface area contributed by atoms with E-state index in [0.29, 0.717) is 60.3 Å². The molecule has 2 fully saturated rings. The fraction of sp³-hybridized carbons (Fsp3) is 0.389. The molecule has 0 spiro atoms. The van der Waals surface area contributed by atoms with Crippen molar-refractivity contribution in [2.45, 2.75) is 61.6 Å². The molecular weight excluding hydrogens is 670 g/mol. The largest absolute Gasteiger partial charge is 0.481 e. The number of methoxy groups -OCH3 is 2. The predicted octanol–water partition coefficient (Wildman–Crippen LogP) is 4.57. The molecule has 4 atom stereocenters. The molecular formula is C36H39Cl2FN6O4. The second kappa shape index (κ2) is 15.2. The van der Waals surface area contributed by atoms with Crippen LogP contribution in [-0.2, 0) is 28.1 Å². The highest BCUT2D eigenvalue weighted by atomic mass is 35.5. The number of nitrogens with zero attached hydrogens (tertiary/aromatic N) is 2. The molecule has 1 aromatic carbocycles. The average Bonchev–Trinajstić information content (AvgIpc) is 3.72. The summed E-state index contributed by atoms with van der Waals surface area (Å²) in [4.78, 5) is 33.1. The van der Waals surface area contributed by atoms with Gasteiger partial charge in [0.1, 0.15) is 5.82 Å². The second-order valence-electron chi connectivity index (χ2n) is 12.4. The zero-order chi connectivity index (χ0) is 34.5. The van der Waals surface area contributed by atoms with Gasteiger partial charge in [-0.25, -0.2) is 14.4 Å². The molecule has 13 heteroatoms. The zero-order valence-corrected chi connectivity index (χ0v) is 28.8. The first kappa shape index (κ1) is 34.8. The number of carbonyl (C=O) groups excluding carboxylic acids is 2. The van der Waals surface area contributed by atoms with E-state index in [2.05, 4.69) is 21.3 Å². The molecule has 3 aliphatic rings. The number of hydrogen-bond donors (Lipinski definition) is 4. The van der Waals surface area contributed by atoms with Crippen LogP contribution < -0.4 is 30.7 Å². The van der Waals surface area contributed by atoms with E-state index in [1.165, 1.54) is 13.2 Å².